The second-order valence-corrected chi connectivity index (χ2v) is 9.72. The van der Waals surface area contributed by atoms with Crippen LogP contribution in [0.3, 0.4) is 0 Å². The van der Waals surface area contributed by atoms with Crippen molar-refractivity contribution in [2.45, 2.75) is 52.4 Å². The molecule has 1 aliphatic carbocycles. The van der Waals surface area contributed by atoms with Crippen molar-refractivity contribution in [1.82, 2.24) is 0 Å². The number of benzene rings is 2. The molecule has 2 aromatic carbocycles. The van der Waals surface area contributed by atoms with Crippen molar-refractivity contribution in [3.05, 3.63) is 79.2 Å². The van der Waals surface area contributed by atoms with Gasteiger partial charge in [-0.2, -0.15) is 0 Å². The topological polar surface area (TPSA) is 105 Å². The highest BCUT2D eigenvalue weighted by Gasteiger charge is 2.24. The van der Waals surface area contributed by atoms with E-state index in [-0.39, 0.29) is 11.6 Å². The van der Waals surface area contributed by atoms with E-state index in [1.165, 1.54) is 41.0 Å². The van der Waals surface area contributed by atoms with Crippen LogP contribution < -0.4 is 5.32 Å². The molecule has 1 aromatic heterocycles. The first kappa shape index (κ1) is 23.6. The fraction of sp³-hybridized carbons (Fsp3) is 0.308. The highest BCUT2D eigenvalue weighted by molar-refractivity contribution is 7.16. The number of hydrogen-bond acceptors (Lipinski definition) is 6. The summed E-state index contributed by atoms with van der Waals surface area (Å²) in [6, 6.07) is 10.1. The van der Waals surface area contributed by atoms with E-state index in [0.29, 0.717) is 16.1 Å². The first-order valence-electron chi connectivity index (χ1n) is 11.4. The lowest BCUT2D eigenvalue weighted by atomic mass is 9.96. The van der Waals surface area contributed by atoms with Gasteiger partial charge >= 0.3 is 5.69 Å². The molecular weight excluding hydrogens is 450 g/mol. The number of aromatic hydroxyl groups is 1. The Hall–Kier alpha value is -3.52. The van der Waals surface area contributed by atoms with Crippen LogP contribution in [-0.4, -0.2) is 22.2 Å². The van der Waals surface area contributed by atoms with Crippen molar-refractivity contribution in [2.75, 3.05) is 5.32 Å². The van der Waals surface area contributed by atoms with E-state index < -0.39 is 10.7 Å². The van der Waals surface area contributed by atoms with Gasteiger partial charge in [0.1, 0.15) is 5.00 Å². The van der Waals surface area contributed by atoms with Crippen LogP contribution in [0.15, 0.2) is 41.4 Å². The van der Waals surface area contributed by atoms with E-state index in [1.54, 1.807) is 6.07 Å². The number of carbonyl (C=O) groups excluding carboxylic acids is 1. The van der Waals surface area contributed by atoms with Gasteiger partial charge in [0.05, 0.1) is 10.5 Å². The summed E-state index contributed by atoms with van der Waals surface area (Å²) in [7, 11) is 0. The number of carbonyl (C=O) groups is 1. The normalized spacial score (nSPS) is 13.8. The zero-order valence-corrected chi connectivity index (χ0v) is 20.1. The summed E-state index contributed by atoms with van der Waals surface area (Å²) in [4.78, 5) is 29.9. The number of phenolic OH excluding ortho intramolecular Hbond substituents is 1. The van der Waals surface area contributed by atoms with Crippen molar-refractivity contribution in [2.24, 2.45) is 4.99 Å². The average molecular weight is 478 g/mol. The Morgan fingerprint density at radius 2 is 1.88 bits per heavy atom. The molecule has 4 rings (SSSR count). The minimum atomic E-state index is -0.632. The SMILES string of the molecule is Cc1ccc(C)c(NC(=O)c2c(N=Cc3ccc(O)c([N+](=O)[O-])c3)sc3c2CCCCCC3)c1. The van der Waals surface area contributed by atoms with Crippen molar-refractivity contribution < 1.29 is 14.8 Å². The number of nitro groups is 1. The molecule has 7 nitrogen and oxygen atoms in total. The Bertz CT molecular complexity index is 1280. The monoisotopic (exact) mass is 477 g/mol. The maximum Gasteiger partial charge on any atom is 0.311 e. The summed E-state index contributed by atoms with van der Waals surface area (Å²) in [5.74, 6) is -0.578. The smallest absolute Gasteiger partial charge is 0.311 e. The van der Waals surface area contributed by atoms with Gasteiger partial charge in [-0.3, -0.25) is 14.9 Å². The van der Waals surface area contributed by atoms with Crippen LogP contribution in [0.4, 0.5) is 16.4 Å². The average Bonchev–Trinajstić information content (AvgIpc) is 3.11. The minimum Gasteiger partial charge on any atom is -0.502 e. The van der Waals surface area contributed by atoms with Gasteiger partial charge in [-0.1, -0.05) is 25.0 Å². The number of aryl methyl sites for hydroxylation is 3. The largest absolute Gasteiger partial charge is 0.502 e. The van der Waals surface area contributed by atoms with E-state index in [2.05, 4.69) is 10.3 Å². The van der Waals surface area contributed by atoms with Gasteiger partial charge in [-0.25, -0.2) is 4.99 Å². The molecule has 2 N–H and O–H groups in total. The van der Waals surface area contributed by atoms with Crippen molar-refractivity contribution in [3.63, 3.8) is 0 Å². The molecule has 0 unspecified atom stereocenters. The third kappa shape index (κ3) is 5.17. The third-order valence-corrected chi connectivity index (χ3v) is 7.25. The zero-order valence-electron chi connectivity index (χ0n) is 19.3. The molecule has 0 bridgehead atoms. The predicted octanol–water partition coefficient (Wildman–Crippen LogP) is 6.64. The van der Waals surface area contributed by atoms with Gasteiger partial charge < -0.3 is 10.4 Å². The summed E-state index contributed by atoms with van der Waals surface area (Å²) >= 11 is 1.52. The number of nitrogens with zero attached hydrogens (tertiary/aromatic N) is 2. The van der Waals surface area contributed by atoms with Crippen LogP contribution in [-0.2, 0) is 12.8 Å². The Labute approximate surface area is 202 Å². The van der Waals surface area contributed by atoms with E-state index in [0.717, 1.165) is 54.5 Å². The lowest BCUT2D eigenvalue weighted by molar-refractivity contribution is -0.385. The summed E-state index contributed by atoms with van der Waals surface area (Å²) in [5, 5.41) is 24.6. The van der Waals surface area contributed by atoms with Gasteiger partial charge in [0, 0.05) is 22.8 Å². The number of hydrogen-bond donors (Lipinski definition) is 2. The van der Waals surface area contributed by atoms with Crippen LogP contribution >= 0.6 is 11.3 Å². The predicted molar refractivity (Wildman–Crippen MR) is 136 cm³/mol. The molecule has 34 heavy (non-hydrogen) atoms. The zero-order chi connectivity index (χ0) is 24.2. The summed E-state index contributed by atoms with van der Waals surface area (Å²) < 4.78 is 0. The van der Waals surface area contributed by atoms with Crippen molar-refractivity contribution in [3.8, 4) is 5.75 Å². The van der Waals surface area contributed by atoms with Crippen LogP contribution in [0.1, 0.15) is 63.2 Å². The number of fused-ring (bicyclic) bond motifs is 1. The number of rotatable bonds is 5. The van der Waals surface area contributed by atoms with Gasteiger partial charge in [-0.15, -0.1) is 11.3 Å². The Morgan fingerprint density at radius 3 is 2.65 bits per heavy atom. The van der Waals surface area contributed by atoms with E-state index >= 15 is 0 Å². The number of thiophene rings is 1. The maximum absolute atomic E-state index is 13.5. The molecule has 0 saturated heterocycles. The van der Waals surface area contributed by atoms with Crippen molar-refractivity contribution >= 4 is 39.8 Å². The first-order valence-corrected chi connectivity index (χ1v) is 12.2. The minimum absolute atomic E-state index is 0.185. The van der Waals surface area contributed by atoms with Gasteiger partial charge in [0.25, 0.3) is 5.91 Å². The molecule has 3 aromatic rings. The van der Waals surface area contributed by atoms with Crippen LogP contribution in [0.25, 0.3) is 0 Å². The molecule has 0 saturated carbocycles. The van der Waals surface area contributed by atoms with E-state index in [9.17, 15) is 20.0 Å². The van der Waals surface area contributed by atoms with E-state index in [4.69, 9.17) is 0 Å². The Kier molecular flexibility index (Phi) is 7.07. The number of nitro benzene ring substituents is 1. The van der Waals surface area contributed by atoms with Gasteiger partial charge in [-0.05, 0) is 80.0 Å². The third-order valence-electron chi connectivity index (χ3n) is 6.05. The number of amides is 1. The molecule has 1 aliphatic rings. The number of phenols is 1. The van der Waals surface area contributed by atoms with Crippen LogP contribution in [0.5, 0.6) is 5.75 Å². The molecule has 8 heteroatoms. The molecule has 0 fully saturated rings. The number of nitrogens with one attached hydrogen (secondary N) is 1. The van der Waals surface area contributed by atoms with Crippen LogP contribution in [0.2, 0.25) is 0 Å². The second-order valence-electron chi connectivity index (χ2n) is 8.63. The molecule has 1 heterocycles. The van der Waals surface area contributed by atoms with E-state index in [1.807, 2.05) is 32.0 Å². The molecule has 1 amide bonds. The fourth-order valence-corrected chi connectivity index (χ4v) is 5.42. The Morgan fingerprint density at radius 1 is 1.12 bits per heavy atom. The molecule has 0 atom stereocenters. The molecule has 0 aliphatic heterocycles. The lowest BCUT2D eigenvalue weighted by Gasteiger charge is -2.13. The number of anilines is 1. The summed E-state index contributed by atoms with van der Waals surface area (Å²) in [6.45, 7) is 3.95. The molecular formula is C26H27N3O4S. The first-order chi connectivity index (χ1) is 16.3. The van der Waals surface area contributed by atoms with Gasteiger partial charge in [0.15, 0.2) is 5.75 Å². The number of aliphatic imine (C=N–C) groups is 1. The Balaban J connectivity index is 1.73. The lowest BCUT2D eigenvalue weighted by Crippen LogP contribution is -2.15. The van der Waals surface area contributed by atoms with Crippen molar-refractivity contribution in [1.29, 1.82) is 0 Å². The van der Waals surface area contributed by atoms with Gasteiger partial charge in [0.2, 0.25) is 0 Å². The van der Waals surface area contributed by atoms with Crippen LogP contribution in [0, 0.1) is 24.0 Å². The summed E-state index contributed by atoms with van der Waals surface area (Å²) in [6.07, 6.45) is 7.70. The summed E-state index contributed by atoms with van der Waals surface area (Å²) in [5.41, 5.74) is 4.58. The highest BCUT2D eigenvalue weighted by Crippen LogP contribution is 2.39. The standard InChI is InChI=1S/C26H27N3O4S/c1-16-9-10-17(2)20(13-16)28-25(31)24-19-7-5-3-4-6-8-23(19)34-26(24)27-15-18-11-12-22(30)21(14-18)29(32)33/h9-15,30H,3-8H2,1-2H3,(H,28,31). The molecule has 176 valence electrons. The second kappa shape index (κ2) is 10.2. The molecule has 0 radical (unpaired) electrons. The quantitative estimate of drug-likeness (QED) is 0.244. The maximum atomic E-state index is 13.5. The fourth-order valence-electron chi connectivity index (χ4n) is 4.19. The highest BCUT2D eigenvalue weighted by atomic mass is 32.1. The molecule has 0 spiro atoms.